The van der Waals surface area contributed by atoms with Gasteiger partial charge in [0, 0.05) is 16.0 Å². The van der Waals surface area contributed by atoms with E-state index in [9.17, 15) is 4.79 Å². The summed E-state index contributed by atoms with van der Waals surface area (Å²) < 4.78 is 0. The molecular weight excluding hydrogens is 246 g/mol. The van der Waals surface area contributed by atoms with Crippen molar-refractivity contribution in [3.05, 3.63) is 47.2 Å². The maximum Gasteiger partial charge on any atom is 0.352 e. The van der Waals surface area contributed by atoms with Crippen LogP contribution in [0.25, 0.3) is 0 Å². The third kappa shape index (κ3) is 2.40. The van der Waals surface area contributed by atoms with E-state index in [4.69, 9.17) is 16.7 Å². The highest BCUT2D eigenvalue weighted by Crippen LogP contribution is 2.33. The molecule has 0 atom stereocenters. The Morgan fingerprint density at radius 2 is 2.12 bits per heavy atom. The predicted molar refractivity (Wildman–Crippen MR) is 63.3 cm³/mol. The molecule has 5 heteroatoms. The van der Waals surface area contributed by atoms with Crippen LogP contribution in [-0.2, 0) is 0 Å². The van der Waals surface area contributed by atoms with Gasteiger partial charge in [-0.05, 0) is 18.2 Å². The van der Waals surface area contributed by atoms with Gasteiger partial charge in [0.05, 0.1) is 5.02 Å². The average molecular weight is 254 g/mol. The van der Waals surface area contributed by atoms with Crippen molar-refractivity contribution >= 4 is 29.3 Å². The first kappa shape index (κ1) is 11.1. The molecule has 2 aromatic rings. The molecule has 0 bridgehead atoms. The third-order valence-corrected chi connectivity index (χ3v) is 3.44. The van der Waals surface area contributed by atoms with Crippen LogP contribution >= 0.6 is 23.4 Å². The number of nitrogens with one attached hydrogen (secondary N) is 1. The monoisotopic (exact) mass is 253 g/mol. The van der Waals surface area contributed by atoms with Gasteiger partial charge in [0.1, 0.15) is 5.69 Å². The topological polar surface area (TPSA) is 53.1 Å². The second-order valence-electron chi connectivity index (χ2n) is 3.09. The lowest BCUT2D eigenvalue weighted by Gasteiger charge is -2.00. The van der Waals surface area contributed by atoms with Crippen LogP contribution in [0.4, 0.5) is 0 Å². The zero-order valence-corrected chi connectivity index (χ0v) is 9.68. The molecule has 0 spiro atoms. The zero-order chi connectivity index (χ0) is 11.5. The standard InChI is InChI=1S/C11H8ClNO2S/c12-8-3-1-2-4-10(8)16-7-5-9(11(14)15)13-6-7/h1-6,13H,(H,14,15). The number of aromatic amines is 1. The molecule has 16 heavy (non-hydrogen) atoms. The Kier molecular flexibility index (Phi) is 3.22. The van der Waals surface area contributed by atoms with Crippen molar-refractivity contribution in [3.8, 4) is 0 Å². The maximum atomic E-state index is 10.7. The van der Waals surface area contributed by atoms with Crippen LogP contribution in [0.3, 0.4) is 0 Å². The number of H-pyrrole nitrogens is 1. The first-order chi connectivity index (χ1) is 7.66. The molecule has 1 heterocycles. The van der Waals surface area contributed by atoms with Crippen LogP contribution in [0, 0.1) is 0 Å². The molecule has 0 fully saturated rings. The number of benzene rings is 1. The minimum atomic E-state index is -0.967. The van der Waals surface area contributed by atoms with Gasteiger partial charge in [0.25, 0.3) is 0 Å². The van der Waals surface area contributed by atoms with E-state index < -0.39 is 5.97 Å². The molecule has 82 valence electrons. The number of carboxylic acid groups (broad SMARTS) is 1. The van der Waals surface area contributed by atoms with Crippen LogP contribution in [0.2, 0.25) is 5.02 Å². The van der Waals surface area contributed by atoms with Crippen LogP contribution in [0.1, 0.15) is 10.5 Å². The van der Waals surface area contributed by atoms with E-state index in [2.05, 4.69) is 4.98 Å². The second kappa shape index (κ2) is 4.63. The molecule has 0 unspecified atom stereocenters. The summed E-state index contributed by atoms with van der Waals surface area (Å²) in [6, 6.07) is 9.01. The fraction of sp³-hybridized carbons (Fsp3) is 0. The van der Waals surface area contributed by atoms with Crippen molar-refractivity contribution < 1.29 is 9.90 Å². The molecule has 0 saturated carbocycles. The van der Waals surface area contributed by atoms with Crippen molar-refractivity contribution in [1.29, 1.82) is 0 Å². The first-order valence-electron chi connectivity index (χ1n) is 4.51. The van der Waals surface area contributed by atoms with Crippen LogP contribution < -0.4 is 0 Å². The lowest BCUT2D eigenvalue weighted by molar-refractivity contribution is 0.0691. The normalized spacial score (nSPS) is 10.3. The summed E-state index contributed by atoms with van der Waals surface area (Å²) in [5.41, 5.74) is 0.176. The highest BCUT2D eigenvalue weighted by molar-refractivity contribution is 7.99. The lowest BCUT2D eigenvalue weighted by atomic mass is 10.4. The Labute approximate surface area is 101 Å². The maximum absolute atomic E-state index is 10.7. The molecule has 1 aromatic carbocycles. The van der Waals surface area contributed by atoms with Crippen molar-refractivity contribution in [3.63, 3.8) is 0 Å². The Morgan fingerprint density at radius 1 is 1.38 bits per heavy atom. The van der Waals surface area contributed by atoms with Crippen molar-refractivity contribution in [2.45, 2.75) is 9.79 Å². The zero-order valence-electron chi connectivity index (χ0n) is 8.11. The minimum absolute atomic E-state index is 0.176. The SMILES string of the molecule is O=C(O)c1cc(Sc2ccccc2Cl)c[nH]1. The number of carboxylic acids is 1. The summed E-state index contributed by atoms with van der Waals surface area (Å²) >= 11 is 7.42. The molecule has 0 aliphatic rings. The molecule has 2 N–H and O–H groups in total. The Hall–Kier alpha value is -1.39. The van der Waals surface area contributed by atoms with E-state index in [0.717, 1.165) is 9.79 Å². The number of rotatable bonds is 3. The summed E-state index contributed by atoms with van der Waals surface area (Å²) in [5.74, 6) is -0.967. The molecule has 1 aromatic heterocycles. The fourth-order valence-corrected chi connectivity index (χ4v) is 2.32. The number of halogens is 1. The molecule has 2 rings (SSSR count). The second-order valence-corrected chi connectivity index (χ2v) is 4.61. The van der Waals surface area contributed by atoms with Crippen molar-refractivity contribution in [2.24, 2.45) is 0 Å². The van der Waals surface area contributed by atoms with Gasteiger partial charge in [-0.3, -0.25) is 0 Å². The highest BCUT2D eigenvalue weighted by atomic mass is 35.5. The Morgan fingerprint density at radius 3 is 2.75 bits per heavy atom. The molecular formula is C11H8ClNO2S. The van der Waals surface area contributed by atoms with Crippen LogP contribution in [0.15, 0.2) is 46.3 Å². The van der Waals surface area contributed by atoms with Gasteiger partial charge in [0.15, 0.2) is 0 Å². The first-order valence-corrected chi connectivity index (χ1v) is 5.70. The summed E-state index contributed by atoms with van der Waals surface area (Å²) in [4.78, 5) is 15.1. The largest absolute Gasteiger partial charge is 0.477 e. The number of aromatic nitrogens is 1. The number of aromatic carboxylic acids is 1. The molecule has 0 aliphatic heterocycles. The summed E-state index contributed by atoms with van der Waals surface area (Å²) in [6.07, 6.45) is 1.65. The van der Waals surface area contributed by atoms with Crippen molar-refractivity contribution in [1.82, 2.24) is 4.98 Å². The molecule has 0 saturated heterocycles. The number of hydrogen-bond acceptors (Lipinski definition) is 2. The van der Waals surface area contributed by atoms with Gasteiger partial charge in [-0.15, -0.1) is 0 Å². The Balaban J connectivity index is 2.21. The third-order valence-electron chi connectivity index (χ3n) is 1.95. The van der Waals surface area contributed by atoms with Gasteiger partial charge in [-0.25, -0.2) is 4.79 Å². The number of carbonyl (C=O) groups is 1. The van der Waals surface area contributed by atoms with E-state index in [1.165, 1.54) is 11.8 Å². The van der Waals surface area contributed by atoms with Gasteiger partial charge < -0.3 is 10.1 Å². The van der Waals surface area contributed by atoms with Gasteiger partial charge in [-0.1, -0.05) is 35.5 Å². The highest BCUT2D eigenvalue weighted by Gasteiger charge is 2.08. The predicted octanol–water partition coefficient (Wildman–Crippen LogP) is 3.52. The fourth-order valence-electron chi connectivity index (χ4n) is 1.21. The lowest BCUT2D eigenvalue weighted by Crippen LogP contribution is -1.94. The van der Waals surface area contributed by atoms with E-state index in [1.54, 1.807) is 18.3 Å². The summed E-state index contributed by atoms with van der Waals surface area (Å²) in [5, 5.41) is 9.41. The van der Waals surface area contributed by atoms with Gasteiger partial charge in [-0.2, -0.15) is 0 Å². The van der Waals surface area contributed by atoms with Crippen LogP contribution in [-0.4, -0.2) is 16.1 Å². The van der Waals surface area contributed by atoms with Crippen LogP contribution in [0.5, 0.6) is 0 Å². The van der Waals surface area contributed by atoms with E-state index >= 15 is 0 Å². The van der Waals surface area contributed by atoms with Gasteiger partial charge in [0.2, 0.25) is 0 Å². The van der Waals surface area contributed by atoms with E-state index in [1.807, 2.05) is 18.2 Å². The van der Waals surface area contributed by atoms with Crippen molar-refractivity contribution in [2.75, 3.05) is 0 Å². The minimum Gasteiger partial charge on any atom is -0.477 e. The average Bonchev–Trinajstić information content (AvgIpc) is 2.70. The van der Waals surface area contributed by atoms with E-state index in [0.29, 0.717) is 5.02 Å². The molecule has 0 aliphatic carbocycles. The number of hydrogen-bond donors (Lipinski definition) is 2. The van der Waals surface area contributed by atoms with E-state index in [-0.39, 0.29) is 5.69 Å². The quantitative estimate of drug-likeness (QED) is 0.880. The molecule has 0 amide bonds. The molecule has 0 radical (unpaired) electrons. The summed E-state index contributed by atoms with van der Waals surface area (Å²) in [7, 11) is 0. The molecule has 3 nitrogen and oxygen atoms in total. The van der Waals surface area contributed by atoms with Gasteiger partial charge >= 0.3 is 5.97 Å². The smallest absolute Gasteiger partial charge is 0.352 e. The summed E-state index contributed by atoms with van der Waals surface area (Å²) in [6.45, 7) is 0. The Bertz CT molecular complexity index is 524.